The maximum Gasteiger partial charge on any atom is 0.271 e. The van der Waals surface area contributed by atoms with E-state index in [4.69, 9.17) is 10.5 Å². The molecule has 4 rings (SSSR count). The van der Waals surface area contributed by atoms with E-state index >= 15 is 0 Å². The van der Waals surface area contributed by atoms with Gasteiger partial charge < -0.3 is 31.3 Å². The second kappa shape index (κ2) is 17.6. The van der Waals surface area contributed by atoms with Crippen LogP contribution < -0.4 is 21.7 Å². The molecule has 5 amide bonds. The van der Waals surface area contributed by atoms with Gasteiger partial charge in [-0.3, -0.25) is 24.0 Å². The Balaban J connectivity index is 1.58. The van der Waals surface area contributed by atoms with E-state index in [-0.39, 0.29) is 79.7 Å². The van der Waals surface area contributed by atoms with Gasteiger partial charge in [0, 0.05) is 36.8 Å². The molecule has 1 aliphatic rings. The van der Waals surface area contributed by atoms with E-state index in [2.05, 4.69) is 25.9 Å². The molecule has 5 N–H and O–H groups in total. The predicted molar refractivity (Wildman–Crippen MR) is 178 cm³/mol. The van der Waals surface area contributed by atoms with Crippen molar-refractivity contribution in [3.63, 3.8) is 0 Å². The van der Waals surface area contributed by atoms with Gasteiger partial charge in [-0.1, -0.05) is 44.2 Å². The van der Waals surface area contributed by atoms with Crippen LogP contribution in [0.2, 0.25) is 0 Å². The molecule has 47 heavy (non-hydrogen) atoms. The van der Waals surface area contributed by atoms with Gasteiger partial charge in [0.15, 0.2) is 0 Å². The maximum atomic E-state index is 13.5. The monoisotopic (exact) mass is 683 g/mol. The largest absolute Gasteiger partial charge is 0.368 e. The fourth-order valence-corrected chi connectivity index (χ4v) is 6.74. The summed E-state index contributed by atoms with van der Waals surface area (Å²) in [5.74, 6) is -1.73. The lowest BCUT2D eigenvalue weighted by Crippen LogP contribution is -2.38. The van der Waals surface area contributed by atoms with Gasteiger partial charge in [-0.25, -0.2) is 9.97 Å². The molecular weight excluding hydrogens is 643 g/mol. The van der Waals surface area contributed by atoms with Crippen molar-refractivity contribution in [1.82, 2.24) is 30.8 Å². The molecule has 0 saturated heterocycles. The maximum absolute atomic E-state index is 13.5. The third-order valence-electron chi connectivity index (χ3n) is 7.28. The van der Waals surface area contributed by atoms with E-state index in [1.165, 1.54) is 22.7 Å². The number of carbonyl (C=O) groups is 5. The number of rotatable bonds is 8. The molecule has 0 saturated carbocycles. The first-order chi connectivity index (χ1) is 22.6. The number of amides is 5. The highest BCUT2D eigenvalue weighted by molar-refractivity contribution is 7.10. The summed E-state index contributed by atoms with van der Waals surface area (Å²) in [6.07, 6.45) is 2.05. The zero-order valence-electron chi connectivity index (χ0n) is 26.5. The number of carbonyl (C=O) groups excluding carboxylic acids is 5. The topological polar surface area (TPSA) is 186 Å². The van der Waals surface area contributed by atoms with Gasteiger partial charge in [-0.15, -0.1) is 22.7 Å². The van der Waals surface area contributed by atoms with Crippen LogP contribution in [0.15, 0.2) is 41.1 Å². The highest BCUT2D eigenvalue weighted by Crippen LogP contribution is 2.27. The zero-order valence-corrected chi connectivity index (χ0v) is 28.2. The van der Waals surface area contributed by atoms with E-state index in [9.17, 15) is 24.0 Å². The molecule has 2 atom stereocenters. The van der Waals surface area contributed by atoms with Crippen LogP contribution in [0, 0.1) is 5.92 Å². The number of primary amides is 1. The molecule has 252 valence electrons. The highest BCUT2D eigenvalue weighted by Gasteiger charge is 2.25. The first-order valence-electron chi connectivity index (χ1n) is 15.6. The summed E-state index contributed by atoms with van der Waals surface area (Å²) in [6, 6.07) is 8.78. The lowest BCUT2D eigenvalue weighted by Gasteiger charge is -2.23. The SMILES string of the molecule is CC(C)C[C@@H]1NC(=O)CCCN(C(=O)COCC(N)=O)CCCNC(=O)c2csc(n2)[C@H](Cc2ccccc2)NC(=O)c2csc1n2. The number of hydrogen-bond donors (Lipinski definition) is 4. The predicted octanol–water partition coefficient (Wildman–Crippen LogP) is 2.76. The van der Waals surface area contributed by atoms with Crippen molar-refractivity contribution in [2.24, 2.45) is 11.7 Å². The number of aromatic nitrogens is 2. The van der Waals surface area contributed by atoms with Crippen LogP contribution in [-0.2, 0) is 25.5 Å². The molecule has 0 spiro atoms. The van der Waals surface area contributed by atoms with E-state index in [0.717, 1.165) is 5.56 Å². The first kappa shape index (κ1) is 35.6. The molecule has 3 heterocycles. The van der Waals surface area contributed by atoms with Crippen LogP contribution in [0.5, 0.6) is 0 Å². The molecule has 4 bridgehead atoms. The molecule has 1 aliphatic heterocycles. The van der Waals surface area contributed by atoms with Crippen molar-refractivity contribution in [1.29, 1.82) is 0 Å². The molecule has 0 fully saturated rings. The van der Waals surface area contributed by atoms with E-state index in [1.54, 1.807) is 15.7 Å². The van der Waals surface area contributed by atoms with Crippen molar-refractivity contribution in [3.05, 3.63) is 68.1 Å². The van der Waals surface area contributed by atoms with Crippen LogP contribution >= 0.6 is 22.7 Å². The fourth-order valence-electron chi connectivity index (χ4n) is 5.03. The smallest absolute Gasteiger partial charge is 0.271 e. The average Bonchev–Trinajstić information content (AvgIpc) is 3.72. The minimum Gasteiger partial charge on any atom is -0.368 e. The van der Waals surface area contributed by atoms with E-state index in [0.29, 0.717) is 42.2 Å². The molecule has 3 aromatic rings. The Hall–Kier alpha value is -4.21. The summed E-state index contributed by atoms with van der Waals surface area (Å²) in [7, 11) is 0. The summed E-state index contributed by atoms with van der Waals surface area (Å²) >= 11 is 2.59. The first-order valence-corrected chi connectivity index (χ1v) is 17.3. The lowest BCUT2D eigenvalue weighted by molar-refractivity contribution is -0.138. The lowest BCUT2D eigenvalue weighted by atomic mass is 10.0. The van der Waals surface area contributed by atoms with Crippen molar-refractivity contribution in [2.45, 2.75) is 58.0 Å². The van der Waals surface area contributed by atoms with Gasteiger partial charge in [0.2, 0.25) is 17.7 Å². The van der Waals surface area contributed by atoms with E-state index in [1.807, 2.05) is 44.2 Å². The average molecular weight is 684 g/mol. The Morgan fingerprint density at radius 1 is 0.936 bits per heavy atom. The summed E-state index contributed by atoms with van der Waals surface area (Å²) in [6.45, 7) is 4.23. The van der Waals surface area contributed by atoms with Crippen molar-refractivity contribution >= 4 is 52.2 Å². The van der Waals surface area contributed by atoms with Gasteiger partial charge >= 0.3 is 0 Å². The molecular formula is C32H41N7O6S2. The molecule has 0 radical (unpaired) electrons. The molecule has 13 nitrogen and oxygen atoms in total. The number of thiazole rings is 2. The van der Waals surface area contributed by atoms with Crippen LogP contribution in [0.3, 0.4) is 0 Å². The highest BCUT2D eigenvalue weighted by atomic mass is 32.1. The number of nitrogens with one attached hydrogen (secondary N) is 3. The number of hydrogen-bond acceptors (Lipinski definition) is 10. The Bertz CT molecular complexity index is 1530. The van der Waals surface area contributed by atoms with Crippen LogP contribution in [0.25, 0.3) is 0 Å². The van der Waals surface area contributed by atoms with Crippen LogP contribution in [0.1, 0.15) is 88.2 Å². The third-order valence-corrected chi connectivity index (χ3v) is 9.20. The van der Waals surface area contributed by atoms with Crippen LogP contribution in [-0.4, -0.2) is 77.3 Å². The van der Waals surface area contributed by atoms with Crippen molar-refractivity contribution < 1.29 is 28.7 Å². The number of benzene rings is 1. The van der Waals surface area contributed by atoms with Gasteiger partial charge in [-0.05, 0) is 37.2 Å². The molecule has 1 aromatic carbocycles. The van der Waals surface area contributed by atoms with E-state index < -0.39 is 11.9 Å². The molecule has 0 unspecified atom stereocenters. The number of nitrogens with zero attached hydrogens (tertiary/aromatic N) is 3. The third kappa shape index (κ3) is 11.2. The number of nitrogens with two attached hydrogens (primary N) is 1. The number of ether oxygens (including phenoxy) is 1. The Morgan fingerprint density at radius 2 is 1.60 bits per heavy atom. The number of fused-ring (bicyclic) bond motifs is 4. The molecule has 2 aromatic heterocycles. The van der Waals surface area contributed by atoms with Gasteiger partial charge in [0.1, 0.15) is 34.6 Å². The summed E-state index contributed by atoms with van der Waals surface area (Å²) in [5, 5.41) is 13.5. The minimum atomic E-state index is -0.681. The standard InChI is InChI=1S/C32H41N7O6S2/c1-20(2)14-22-31-38-25(19-47-31)30(44)36-23(15-21-8-4-3-5-9-21)32-37-24(18-46-32)29(43)34-11-7-13-39(12-6-10-27(41)35-22)28(42)17-45-16-26(33)40/h3-5,8-9,18-20,22-23H,6-7,10-17H2,1-2H3,(H2,33,40)(H,34,43)(H,35,41)(H,36,44)/t22-,23-/m0/s1. The summed E-state index contributed by atoms with van der Waals surface area (Å²) in [4.78, 5) is 74.2. The quantitative estimate of drug-likeness (QED) is 0.279. The van der Waals surface area contributed by atoms with Gasteiger partial charge in [0.05, 0.1) is 12.1 Å². The Kier molecular flexibility index (Phi) is 13.4. The minimum absolute atomic E-state index is 0.156. The molecule has 0 aliphatic carbocycles. The Labute approximate surface area is 281 Å². The summed E-state index contributed by atoms with van der Waals surface area (Å²) in [5.41, 5.74) is 6.57. The summed E-state index contributed by atoms with van der Waals surface area (Å²) < 4.78 is 5.12. The normalized spacial score (nSPS) is 18.5. The fraction of sp³-hybridized carbons (Fsp3) is 0.469. The molecule has 15 heteroatoms. The van der Waals surface area contributed by atoms with Gasteiger partial charge in [-0.2, -0.15) is 0 Å². The van der Waals surface area contributed by atoms with Crippen LogP contribution in [0.4, 0.5) is 0 Å². The zero-order chi connectivity index (χ0) is 33.8. The van der Waals surface area contributed by atoms with Crippen molar-refractivity contribution in [3.8, 4) is 0 Å². The second-order valence-corrected chi connectivity index (χ2v) is 13.4. The second-order valence-electron chi connectivity index (χ2n) is 11.7. The Morgan fingerprint density at radius 3 is 2.28 bits per heavy atom. The van der Waals surface area contributed by atoms with Gasteiger partial charge in [0.25, 0.3) is 11.8 Å². The van der Waals surface area contributed by atoms with Crippen molar-refractivity contribution in [2.75, 3.05) is 32.8 Å².